The van der Waals surface area contributed by atoms with E-state index in [4.69, 9.17) is 4.74 Å². The van der Waals surface area contributed by atoms with E-state index in [0.29, 0.717) is 11.4 Å². The summed E-state index contributed by atoms with van der Waals surface area (Å²) in [6, 6.07) is 6.78. The normalized spacial score (nSPS) is 17.1. The van der Waals surface area contributed by atoms with Crippen molar-refractivity contribution < 1.29 is 9.53 Å². The van der Waals surface area contributed by atoms with Gasteiger partial charge in [0.15, 0.2) is 0 Å². The fraction of sp³-hybridized carbons (Fsp3) is 0.167. The highest BCUT2D eigenvalue weighted by Gasteiger charge is 2.17. The van der Waals surface area contributed by atoms with Crippen LogP contribution in [0.2, 0.25) is 0 Å². The van der Waals surface area contributed by atoms with Crippen LogP contribution in [0, 0.1) is 0 Å². The van der Waals surface area contributed by atoms with Crippen LogP contribution in [0.15, 0.2) is 36.4 Å². The number of hydrogen-bond acceptors (Lipinski definition) is 6. The number of aromatic nitrogens is 4. The summed E-state index contributed by atoms with van der Waals surface area (Å²) in [4.78, 5) is 11.9. The summed E-state index contributed by atoms with van der Waals surface area (Å²) in [5, 5.41) is 18.9. The largest absolute Gasteiger partial charge is 0.422 e. The summed E-state index contributed by atoms with van der Waals surface area (Å²) in [6.45, 7) is 0.718. The third-order valence-corrected chi connectivity index (χ3v) is 2.72. The molecule has 1 aliphatic heterocycles. The number of carbonyl (C=O) groups is 1. The number of amides is 1. The van der Waals surface area contributed by atoms with Crippen molar-refractivity contribution in [2.24, 2.45) is 0 Å². The molecule has 8 nitrogen and oxygen atoms in total. The number of ether oxygens (including phenoxy) is 1. The number of anilines is 1. The van der Waals surface area contributed by atoms with Crippen LogP contribution < -0.4 is 15.4 Å². The summed E-state index contributed by atoms with van der Waals surface area (Å²) in [5.41, 5.74) is 0.692. The van der Waals surface area contributed by atoms with Gasteiger partial charge in [0.1, 0.15) is 11.8 Å². The smallest absolute Gasteiger partial charge is 0.361 e. The number of aromatic amines is 1. The average Bonchev–Trinajstić information content (AvgIpc) is 3.13. The van der Waals surface area contributed by atoms with Gasteiger partial charge in [-0.3, -0.25) is 10.1 Å². The van der Waals surface area contributed by atoms with Gasteiger partial charge in [-0.15, -0.1) is 0 Å². The van der Waals surface area contributed by atoms with Crippen LogP contribution in [0.3, 0.4) is 0 Å². The quantitative estimate of drug-likeness (QED) is 0.698. The molecule has 3 N–H and O–H groups in total. The lowest BCUT2D eigenvalue weighted by Crippen LogP contribution is -2.35. The predicted molar refractivity (Wildman–Crippen MR) is 70.3 cm³/mol. The van der Waals surface area contributed by atoms with Gasteiger partial charge >= 0.3 is 6.01 Å². The van der Waals surface area contributed by atoms with Gasteiger partial charge in [-0.1, -0.05) is 22.3 Å². The fourth-order valence-electron chi connectivity index (χ4n) is 1.77. The van der Waals surface area contributed by atoms with Crippen molar-refractivity contribution in [3.63, 3.8) is 0 Å². The Hall–Kier alpha value is -2.74. The number of H-pyrrole nitrogens is 1. The Labute approximate surface area is 114 Å². The first-order valence-corrected chi connectivity index (χ1v) is 6.03. The molecule has 0 radical (unpaired) electrons. The number of hydrogen-bond donors (Lipinski definition) is 3. The molecule has 0 fully saturated rings. The molecular formula is C12H12N6O2. The highest BCUT2D eigenvalue weighted by Crippen LogP contribution is 2.19. The summed E-state index contributed by atoms with van der Waals surface area (Å²) >= 11 is 0. The monoisotopic (exact) mass is 272 g/mol. The molecule has 0 bridgehead atoms. The Kier molecular flexibility index (Phi) is 3.38. The minimum Gasteiger partial charge on any atom is -0.422 e. The lowest BCUT2D eigenvalue weighted by Gasteiger charge is -2.10. The third kappa shape index (κ3) is 2.81. The average molecular weight is 272 g/mol. The zero-order chi connectivity index (χ0) is 13.8. The van der Waals surface area contributed by atoms with Crippen LogP contribution in [-0.2, 0) is 4.79 Å². The lowest BCUT2D eigenvalue weighted by molar-refractivity contribution is -0.116. The van der Waals surface area contributed by atoms with E-state index < -0.39 is 0 Å². The van der Waals surface area contributed by atoms with E-state index in [1.165, 1.54) is 0 Å². The second-order valence-electron chi connectivity index (χ2n) is 4.12. The van der Waals surface area contributed by atoms with Gasteiger partial charge in [-0.2, -0.15) is 5.21 Å². The molecule has 1 aromatic carbocycles. The number of tetrazole rings is 1. The van der Waals surface area contributed by atoms with E-state index >= 15 is 0 Å². The predicted octanol–water partition coefficient (Wildman–Crippen LogP) is 0.458. The van der Waals surface area contributed by atoms with Crippen molar-refractivity contribution in [3.8, 4) is 11.8 Å². The molecule has 0 saturated heterocycles. The Bertz CT molecular complexity index is 607. The van der Waals surface area contributed by atoms with Crippen LogP contribution in [0.1, 0.15) is 0 Å². The molecule has 1 atom stereocenters. The number of benzene rings is 1. The van der Waals surface area contributed by atoms with Crippen molar-refractivity contribution >= 4 is 11.6 Å². The summed E-state index contributed by atoms with van der Waals surface area (Å²) in [6.07, 6.45) is 3.76. The fourth-order valence-corrected chi connectivity index (χ4v) is 1.77. The van der Waals surface area contributed by atoms with E-state index in [1.54, 1.807) is 24.3 Å². The molecule has 0 aliphatic carbocycles. The molecule has 2 aromatic rings. The summed E-state index contributed by atoms with van der Waals surface area (Å²) in [5.74, 6) is 0.467. The zero-order valence-corrected chi connectivity index (χ0v) is 10.4. The van der Waals surface area contributed by atoms with Crippen molar-refractivity contribution in [2.75, 3.05) is 11.9 Å². The Balaban J connectivity index is 1.61. The van der Waals surface area contributed by atoms with Crippen LogP contribution in [0.25, 0.3) is 0 Å². The number of rotatable bonds is 4. The summed E-state index contributed by atoms with van der Waals surface area (Å²) in [7, 11) is 0. The molecule has 20 heavy (non-hydrogen) atoms. The molecular weight excluding hydrogens is 260 g/mol. The maximum atomic E-state index is 11.9. The third-order valence-electron chi connectivity index (χ3n) is 2.72. The van der Waals surface area contributed by atoms with Crippen LogP contribution >= 0.6 is 0 Å². The van der Waals surface area contributed by atoms with Gasteiger partial charge in [0, 0.05) is 12.2 Å². The molecule has 1 unspecified atom stereocenters. The second kappa shape index (κ2) is 5.49. The van der Waals surface area contributed by atoms with Gasteiger partial charge in [0.2, 0.25) is 5.91 Å². The first-order chi connectivity index (χ1) is 9.81. The molecule has 0 spiro atoms. The van der Waals surface area contributed by atoms with E-state index in [0.717, 1.165) is 6.54 Å². The standard InChI is InChI=1S/C12H12N6O2/c19-11(10-2-1-7-13-10)14-8-3-5-9(6-4-8)20-12-15-17-18-16-12/h1-6,10,13H,7H2,(H,14,19)(H,15,16,17,18). The van der Waals surface area contributed by atoms with E-state index in [-0.39, 0.29) is 18.0 Å². The minimum absolute atomic E-state index is 0.0920. The zero-order valence-electron chi connectivity index (χ0n) is 10.4. The molecule has 1 aromatic heterocycles. The van der Waals surface area contributed by atoms with Gasteiger partial charge in [-0.25, -0.2) is 0 Å². The molecule has 1 amide bonds. The summed E-state index contributed by atoms with van der Waals surface area (Å²) < 4.78 is 5.33. The Morgan fingerprint density at radius 3 is 2.85 bits per heavy atom. The van der Waals surface area contributed by atoms with E-state index in [1.807, 2.05) is 12.2 Å². The molecule has 8 heteroatoms. The second-order valence-corrected chi connectivity index (χ2v) is 4.12. The maximum absolute atomic E-state index is 11.9. The van der Waals surface area contributed by atoms with Gasteiger partial charge in [0.05, 0.1) is 0 Å². The number of nitrogens with one attached hydrogen (secondary N) is 3. The highest BCUT2D eigenvalue weighted by molar-refractivity contribution is 5.96. The van der Waals surface area contributed by atoms with Crippen LogP contribution in [0.4, 0.5) is 5.69 Å². The van der Waals surface area contributed by atoms with Crippen molar-refractivity contribution in [2.45, 2.75) is 6.04 Å². The van der Waals surface area contributed by atoms with Crippen molar-refractivity contribution in [3.05, 3.63) is 36.4 Å². The van der Waals surface area contributed by atoms with Crippen molar-refractivity contribution in [1.82, 2.24) is 25.9 Å². The van der Waals surface area contributed by atoms with Gasteiger partial charge in [0.25, 0.3) is 0 Å². The first kappa shape index (κ1) is 12.3. The van der Waals surface area contributed by atoms with E-state index in [9.17, 15) is 4.79 Å². The van der Waals surface area contributed by atoms with Crippen LogP contribution in [-0.4, -0.2) is 39.1 Å². The Morgan fingerprint density at radius 2 is 2.20 bits per heavy atom. The van der Waals surface area contributed by atoms with Gasteiger partial charge in [-0.05, 0) is 29.5 Å². The molecule has 102 valence electrons. The molecule has 2 heterocycles. The number of nitrogens with zero attached hydrogens (tertiary/aromatic N) is 3. The van der Waals surface area contributed by atoms with Gasteiger partial charge < -0.3 is 10.1 Å². The number of carbonyl (C=O) groups excluding carboxylic acids is 1. The topological polar surface area (TPSA) is 105 Å². The molecule has 0 saturated carbocycles. The van der Waals surface area contributed by atoms with Crippen molar-refractivity contribution in [1.29, 1.82) is 0 Å². The molecule has 1 aliphatic rings. The Morgan fingerprint density at radius 1 is 1.35 bits per heavy atom. The molecule has 3 rings (SSSR count). The first-order valence-electron chi connectivity index (χ1n) is 6.03. The highest BCUT2D eigenvalue weighted by atomic mass is 16.5. The SMILES string of the molecule is O=C(Nc1ccc(Oc2nn[nH]n2)cc1)C1C=CCN1. The maximum Gasteiger partial charge on any atom is 0.361 e. The lowest BCUT2D eigenvalue weighted by atomic mass is 10.2. The van der Waals surface area contributed by atoms with E-state index in [2.05, 4.69) is 31.3 Å². The minimum atomic E-state index is -0.273. The van der Waals surface area contributed by atoms with Crippen LogP contribution in [0.5, 0.6) is 11.8 Å².